The van der Waals surface area contributed by atoms with E-state index in [0.717, 1.165) is 27.8 Å². The second-order valence-electron chi connectivity index (χ2n) is 7.97. The van der Waals surface area contributed by atoms with E-state index in [1.807, 2.05) is 36.4 Å². The molecule has 3 aromatic carbocycles. The van der Waals surface area contributed by atoms with Gasteiger partial charge in [0.1, 0.15) is 18.5 Å². The molecule has 0 bridgehead atoms. The maximum Gasteiger partial charge on any atom is 0.407 e. The van der Waals surface area contributed by atoms with E-state index in [4.69, 9.17) is 22.1 Å². The predicted octanol–water partition coefficient (Wildman–Crippen LogP) is 4.45. The fraction of sp³-hybridized carbons (Fsp3) is 0.192. The van der Waals surface area contributed by atoms with E-state index in [1.165, 1.54) is 0 Å². The molecular formula is C26H24ClN3O4. The van der Waals surface area contributed by atoms with Crippen molar-refractivity contribution in [2.24, 2.45) is 10.7 Å². The summed E-state index contributed by atoms with van der Waals surface area (Å²) >= 11 is 5.63. The van der Waals surface area contributed by atoms with Gasteiger partial charge in [-0.15, -0.1) is 11.6 Å². The molecule has 1 aliphatic carbocycles. The van der Waals surface area contributed by atoms with Crippen molar-refractivity contribution in [3.8, 4) is 11.1 Å². The van der Waals surface area contributed by atoms with Gasteiger partial charge in [-0.2, -0.15) is 0 Å². The zero-order valence-electron chi connectivity index (χ0n) is 18.3. The van der Waals surface area contributed by atoms with Crippen LogP contribution >= 0.6 is 11.6 Å². The maximum atomic E-state index is 12.5. The topological polar surface area (TPSA) is 114 Å². The number of hydrogen-bond donors (Lipinski definition) is 3. The first-order valence-corrected chi connectivity index (χ1v) is 11.3. The van der Waals surface area contributed by atoms with Gasteiger partial charge in [0.15, 0.2) is 0 Å². The number of carbonyl (C=O) groups excluding carboxylic acids is 1. The summed E-state index contributed by atoms with van der Waals surface area (Å²) < 4.78 is 5.48. The van der Waals surface area contributed by atoms with Crippen molar-refractivity contribution >= 4 is 35.2 Å². The molecule has 1 aliphatic rings. The molecule has 8 heteroatoms. The van der Waals surface area contributed by atoms with Crippen molar-refractivity contribution in [2.45, 2.75) is 18.4 Å². The highest BCUT2D eigenvalue weighted by molar-refractivity contribution is 6.28. The van der Waals surface area contributed by atoms with Crippen LogP contribution in [0.3, 0.4) is 0 Å². The van der Waals surface area contributed by atoms with Crippen molar-refractivity contribution < 1.29 is 19.4 Å². The summed E-state index contributed by atoms with van der Waals surface area (Å²) in [7, 11) is 0. The van der Waals surface area contributed by atoms with Crippen molar-refractivity contribution in [2.75, 3.05) is 12.5 Å². The quantitative estimate of drug-likeness (QED) is 0.252. The third kappa shape index (κ3) is 5.21. The van der Waals surface area contributed by atoms with Gasteiger partial charge in [0.05, 0.1) is 11.6 Å². The van der Waals surface area contributed by atoms with Crippen LogP contribution in [0.5, 0.6) is 0 Å². The van der Waals surface area contributed by atoms with Crippen LogP contribution in [-0.2, 0) is 16.0 Å². The lowest BCUT2D eigenvalue weighted by Gasteiger charge is -2.17. The second kappa shape index (κ2) is 10.4. The monoisotopic (exact) mass is 477 g/mol. The van der Waals surface area contributed by atoms with Gasteiger partial charge in [0, 0.05) is 12.3 Å². The number of nitrogens with zero attached hydrogens (tertiary/aromatic N) is 1. The normalized spacial score (nSPS) is 13.6. The maximum absolute atomic E-state index is 12.5. The number of rotatable bonds is 8. The molecular weight excluding hydrogens is 454 g/mol. The zero-order chi connectivity index (χ0) is 24.1. The summed E-state index contributed by atoms with van der Waals surface area (Å²) in [5.41, 5.74) is 11.4. The molecule has 4 N–H and O–H groups in total. The van der Waals surface area contributed by atoms with Crippen molar-refractivity contribution in [3.05, 3.63) is 89.5 Å². The number of halogens is 1. The van der Waals surface area contributed by atoms with Gasteiger partial charge < -0.3 is 20.9 Å². The molecule has 3 aromatic rings. The highest BCUT2D eigenvalue weighted by Crippen LogP contribution is 2.44. The van der Waals surface area contributed by atoms with E-state index in [0.29, 0.717) is 5.69 Å². The third-order valence-corrected chi connectivity index (χ3v) is 5.99. The number of carboxylic acid groups (broad SMARTS) is 1. The van der Waals surface area contributed by atoms with E-state index < -0.39 is 18.1 Å². The molecule has 4 rings (SSSR count). The van der Waals surface area contributed by atoms with Crippen molar-refractivity contribution in [1.29, 1.82) is 0 Å². The van der Waals surface area contributed by atoms with Crippen molar-refractivity contribution in [3.63, 3.8) is 0 Å². The SMILES string of the molecule is NC(CCl)=Nc1ccc(CC(NC(=O)OCC2c3ccccc3-c3ccccc32)C(=O)O)cc1. The van der Waals surface area contributed by atoms with Crippen LogP contribution in [0.2, 0.25) is 0 Å². The highest BCUT2D eigenvalue weighted by atomic mass is 35.5. The molecule has 0 aromatic heterocycles. The standard InChI is InChI=1S/C26H24ClN3O4/c27-14-24(28)29-17-11-9-16(10-12-17)13-23(25(31)32)30-26(33)34-15-22-20-7-3-1-5-18(20)19-6-2-4-8-21(19)22/h1-12,22-23H,13-15H2,(H2,28,29)(H,30,33)(H,31,32). The molecule has 1 atom stereocenters. The number of aliphatic carboxylic acids is 1. The number of hydrogen-bond acceptors (Lipinski definition) is 4. The Labute approximate surface area is 202 Å². The van der Waals surface area contributed by atoms with Crippen LogP contribution < -0.4 is 11.1 Å². The number of carbonyl (C=O) groups is 2. The molecule has 34 heavy (non-hydrogen) atoms. The molecule has 0 fully saturated rings. The number of nitrogens with one attached hydrogen (secondary N) is 1. The number of alkyl carbamates (subject to hydrolysis) is 1. The summed E-state index contributed by atoms with van der Waals surface area (Å²) in [4.78, 5) is 28.4. The summed E-state index contributed by atoms with van der Waals surface area (Å²) in [5, 5.41) is 12.1. The van der Waals surface area contributed by atoms with Gasteiger partial charge in [-0.05, 0) is 39.9 Å². The summed E-state index contributed by atoms with van der Waals surface area (Å²) in [5.74, 6) is -0.848. The Morgan fingerprint density at radius 1 is 1.00 bits per heavy atom. The number of nitrogens with two attached hydrogens (primary N) is 1. The Hall–Kier alpha value is -3.84. The minimum Gasteiger partial charge on any atom is -0.480 e. The predicted molar refractivity (Wildman–Crippen MR) is 132 cm³/mol. The molecule has 1 unspecified atom stereocenters. The van der Waals surface area contributed by atoms with Gasteiger partial charge in [-0.3, -0.25) is 0 Å². The Morgan fingerprint density at radius 2 is 1.59 bits per heavy atom. The first-order valence-electron chi connectivity index (χ1n) is 10.8. The minimum atomic E-state index is -1.15. The van der Waals surface area contributed by atoms with Crippen molar-refractivity contribution in [1.82, 2.24) is 5.32 Å². The minimum absolute atomic E-state index is 0.0918. The van der Waals surface area contributed by atoms with Crippen LogP contribution in [0.25, 0.3) is 11.1 Å². The molecule has 0 heterocycles. The smallest absolute Gasteiger partial charge is 0.407 e. The van der Waals surface area contributed by atoms with Gasteiger partial charge in [0.2, 0.25) is 0 Å². The largest absolute Gasteiger partial charge is 0.480 e. The highest BCUT2D eigenvalue weighted by Gasteiger charge is 2.29. The van der Waals surface area contributed by atoms with Gasteiger partial charge in [-0.25, -0.2) is 14.6 Å². The summed E-state index contributed by atoms with van der Waals surface area (Å²) in [6.07, 6.45) is -0.681. The number of carboxylic acids is 1. The zero-order valence-corrected chi connectivity index (χ0v) is 19.0. The van der Waals surface area contributed by atoms with Gasteiger partial charge in [-0.1, -0.05) is 60.7 Å². The van der Waals surface area contributed by atoms with Crippen LogP contribution in [0.4, 0.5) is 10.5 Å². The van der Waals surface area contributed by atoms with Crippen LogP contribution in [0.15, 0.2) is 77.8 Å². The van der Waals surface area contributed by atoms with Crippen LogP contribution in [0, 0.1) is 0 Å². The number of ether oxygens (including phenoxy) is 1. The lowest BCUT2D eigenvalue weighted by Crippen LogP contribution is -2.42. The number of aliphatic imine (C=N–C) groups is 1. The first kappa shape index (κ1) is 23.3. The lowest BCUT2D eigenvalue weighted by molar-refractivity contribution is -0.139. The summed E-state index contributed by atoms with van der Waals surface area (Å²) in [6, 6.07) is 21.8. The Kier molecular flexibility index (Phi) is 7.13. The van der Waals surface area contributed by atoms with E-state index >= 15 is 0 Å². The Bertz CT molecular complexity index is 1180. The average molecular weight is 478 g/mol. The first-order chi connectivity index (χ1) is 16.5. The van der Waals surface area contributed by atoms with Crippen LogP contribution in [0.1, 0.15) is 22.6 Å². The molecule has 0 aliphatic heterocycles. The number of amides is 1. The molecule has 7 nitrogen and oxygen atoms in total. The summed E-state index contributed by atoms with van der Waals surface area (Å²) in [6.45, 7) is 0.112. The fourth-order valence-corrected chi connectivity index (χ4v) is 4.18. The van der Waals surface area contributed by atoms with Crippen LogP contribution in [-0.4, -0.2) is 41.5 Å². The van der Waals surface area contributed by atoms with Gasteiger partial charge >= 0.3 is 12.1 Å². The lowest BCUT2D eigenvalue weighted by atomic mass is 9.98. The van der Waals surface area contributed by atoms with E-state index in [2.05, 4.69) is 22.4 Å². The van der Waals surface area contributed by atoms with E-state index in [9.17, 15) is 14.7 Å². The molecule has 0 saturated carbocycles. The van der Waals surface area contributed by atoms with Gasteiger partial charge in [0.25, 0.3) is 0 Å². The second-order valence-corrected chi connectivity index (χ2v) is 8.24. The third-order valence-electron chi connectivity index (χ3n) is 5.72. The molecule has 0 radical (unpaired) electrons. The number of amidine groups is 1. The Morgan fingerprint density at radius 3 is 2.15 bits per heavy atom. The van der Waals surface area contributed by atoms with E-state index in [-0.39, 0.29) is 30.7 Å². The van der Waals surface area contributed by atoms with E-state index in [1.54, 1.807) is 24.3 Å². The number of alkyl halides is 1. The Balaban J connectivity index is 1.39. The molecule has 174 valence electrons. The molecule has 0 saturated heterocycles. The average Bonchev–Trinajstić information content (AvgIpc) is 3.17. The number of benzene rings is 3. The number of fused-ring (bicyclic) bond motifs is 3. The fourth-order valence-electron chi connectivity index (χ4n) is 4.12. The molecule has 0 spiro atoms. The molecule has 1 amide bonds.